The number of rotatable bonds is 7. The van der Waals surface area contributed by atoms with E-state index in [9.17, 15) is 9.18 Å². The summed E-state index contributed by atoms with van der Waals surface area (Å²) in [4.78, 5) is 21.1. The van der Waals surface area contributed by atoms with Crippen LogP contribution in [0.5, 0.6) is 5.75 Å². The Labute approximate surface area is 197 Å². The summed E-state index contributed by atoms with van der Waals surface area (Å²) < 4.78 is 26.6. The third-order valence-electron chi connectivity index (χ3n) is 4.98. The molecule has 3 aromatic rings. The SMILES string of the molecule is CCOc1cc(/C=C2\OCCN=C2NC(=O)CNc2ccc(F)cc2)ccc1-n1cnc(C)c1. The molecule has 1 aliphatic rings. The number of anilines is 1. The molecule has 1 amide bonds. The summed E-state index contributed by atoms with van der Waals surface area (Å²) in [6, 6.07) is 11.6. The summed E-state index contributed by atoms with van der Waals surface area (Å²) >= 11 is 0. The van der Waals surface area contributed by atoms with E-state index in [4.69, 9.17) is 9.47 Å². The van der Waals surface area contributed by atoms with Crippen molar-refractivity contribution in [3.63, 3.8) is 0 Å². The smallest absolute Gasteiger partial charge is 0.244 e. The summed E-state index contributed by atoms with van der Waals surface area (Å²) in [5.74, 6) is 0.912. The van der Waals surface area contributed by atoms with Crippen LogP contribution in [0.25, 0.3) is 11.8 Å². The van der Waals surface area contributed by atoms with E-state index in [1.54, 1.807) is 18.5 Å². The number of aliphatic imine (C=N–C) groups is 1. The fraction of sp³-hybridized carbons (Fsp3) is 0.240. The van der Waals surface area contributed by atoms with E-state index in [-0.39, 0.29) is 18.3 Å². The molecule has 0 atom stereocenters. The second-order valence-electron chi connectivity index (χ2n) is 7.58. The van der Waals surface area contributed by atoms with Crippen molar-refractivity contribution in [2.75, 3.05) is 31.6 Å². The van der Waals surface area contributed by atoms with Crippen molar-refractivity contribution < 1.29 is 18.7 Å². The summed E-state index contributed by atoms with van der Waals surface area (Å²) in [6.07, 6.45) is 5.49. The van der Waals surface area contributed by atoms with Crippen LogP contribution >= 0.6 is 0 Å². The molecule has 4 rings (SSSR count). The lowest BCUT2D eigenvalue weighted by Gasteiger charge is -2.19. The molecule has 1 aromatic heterocycles. The number of carbonyl (C=O) groups excluding carboxylic acids is 1. The van der Waals surface area contributed by atoms with Gasteiger partial charge in [0.25, 0.3) is 0 Å². The number of aromatic nitrogens is 2. The molecule has 34 heavy (non-hydrogen) atoms. The lowest BCUT2D eigenvalue weighted by molar-refractivity contribution is -0.118. The number of benzene rings is 2. The first-order valence-electron chi connectivity index (χ1n) is 11.0. The standard InChI is InChI=1S/C25H26FN5O3/c1-3-33-22-12-18(4-9-21(22)31-15-17(2)29-16-31)13-23-25(27-10-11-34-23)30-24(32)14-28-20-7-5-19(26)6-8-20/h4-9,12-13,15-16,28H,3,10-11,14H2,1-2H3,(H,27,30,32)/b23-13-. The Hall–Kier alpha value is -4.14. The summed E-state index contributed by atoms with van der Waals surface area (Å²) in [5.41, 5.74) is 3.27. The number of hydrogen-bond donors (Lipinski definition) is 2. The summed E-state index contributed by atoms with van der Waals surface area (Å²) in [5, 5.41) is 5.74. The third kappa shape index (κ3) is 5.80. The van der Waals surface area contributed by atoms with Crippen LogP contribution < -0.4 is 15.4 Å². The summed E-state index contributed by atoms with van der Waals surface area (Å²) in [6.45, 7) is 5.25. The van der Waals surface area contributed by atoms with Crippen molar-refractivity contribution in [1.29, 1.82) is 0 Å². The Morgan fingerprint density at radius 3 is 2.82 bits per heavy atom. The van der Waals surface area contributed by atoms with Crippen LogP contribution in [0, 0.1) is 12.7 Å². The predicted octanol–water partition coefficient (Wildman–Crippen LogP) is 3.72. The van der Waals surface area contributed by atoms with Gasteiger partial charge in [-0.3, -0.25) is 9.79 Å². The van der Waals surface area contributed by atoms with Gasteiger partial charge in [-0.25, -0.2) is 9.37 Å². The number of amidine groups is 1. The van der Waals surface area contributed by atoms with Gasteiger partial charge in [0.15, 0.2) is 11.6 Å². The topological polar surface area (TPSA) is 89.8 Å². The maximum absolute atomic E-state index is 13.0. The van der Waals surface area contributed by atoms with E-state index in [0.717, 1.165) is 16.9 Å². The Balaban J connectivity index is 1.48. The van der Waals surface area contributed by atoms with Crippen LogP contribution in [0.2, 0.25) is 0 Å². The highest BCUT2D eigenvalue weighted by Gasteiger charge is 2.17. The number of aryl methyl sites for hydroxylation is 1. The molecule has 1 aliphatic heterocycles. The quantitative estimate of drug-likeness (QED) is 0.558. The largest absolute Gasteiger partial charge is 0.492 e. The molecule has 2 heterocycles. The number of halogens is 1. The van der Waals surface area contributed by atoms with E-state index in [1.165, 1.54) is 12.1 Å². The minimum atomic E-state index is -0.334. The van der Waals surface area contributed by atoms with Crippen LogP contribution in [0.1, 0.15) is 18.2 Å². The Kier molecular flexibility index (Phi) is 7.22. The van der Waals surface area contributed by atoms with Gasteiger partial charge in [-0.2, -0.15) is 0 Å². The first-order chi connectivity index (χ1) is 16.5. The molecule has 0 radical (unpaired) electrons. The van der Waals surface area contributed by atoms with E-state index >= 15 is 0 Å². The molecule has 0 spiro atoms. The van der Waals surface area contributed by atoms with Gasteiger partial charge in [0.2, 0.25) is 5.91 Å². The average Bonchev–Trinajstić information content (AvgIpc) is 3.26. The number of imidazole rings is 1. The number of hydrogen-bond acceptors (Lipinski definition) is 6. The lowest BCUT2D eigenvalue weighted by Crippen LogP contribution is -2.38. The van der Waals surface area contributed by atoms with E-state index in [0.29, 0.717) is 42.8 Å². The fourth-order valence-electron chi connectivity index (χ4n) is 3.41. The van der Waals surface area contributed by atoms with Crippen LogP contribution in [0.4, 0.5) is 10.1 Å². The second-order valence-corrected chi connectivity index (χ2v) is 7.58. The van der Waals surface area contributed by atoms with Crippen LogP contribution in [-0.4, -0.2) is 47.6 Å². The molecule has 2 N–H and O–H groups in total. The molecule has 2 aromatic carbocycles. The number of nitrogens with zero attached hydrogens (tertiary/aromatic N) is 3. The van der Waals surface area contributed by atoms with Gasteiger partial charge in [0, 0.05) is 11.9 Å². The van der Waals surface area contributed by atoms with E-state index in [1.807, 2.05) is 48.9 Å². The summed E-state index contributed by atoms with van der Waals surface area (Å²) in [7, 11) is 0. The Bertz CT molecular complexity index is 1220. The molecule has 8 nitrogen and oxygen atoms in total. The second kappa shape index (κ2) is 10.7. The lowest BCUT2D eigenvalue weighted by atomic mass is 10.1. The van der Waals surface area contributed by atoms with Crippen molar-refractivity contribution in [2.24, 2.45) is 4.99 Å². The minimum absolute atomic E-state index is 0.00540. The van der Waals surface area contributed by atoms with Crippen molar-refractivity contribution in [3.05, 3.63) is 77.8 Å². The van der Waals surface area contributed by atoms with Crippen molar-refractivity contribution >= 4 is 23.5 Å². The van der Waals surface area contributed by atoms with Crippen molar-refractivity contribution in [3.8, 4) is 11.4 Å². The molecule has 0 aliphatic carbocycles. The predicted molar refractivity (Wildman–Crippen MR) is 129 cm³/mol. The molecule has 0 saturated heterocycles. The fourth-order valence-corrected chi connectivity index (χ4v) is 3.41. The van der Waals surface area contributed by atoms with Crippen molar-refractivity contribution in [2.45, 2.75) is 13.8 Å². The van der Waals surface area contributed by atoms with Crippen LogP contribution in [-0.2, 0) is 9.53 Å². The number of ether oxygens (including phenoxy) is 2. The maximum atomic E-state index is 13.0. The molecular formula is C25H26FN5O3. The molecule has 0 saturated carbocycles. The Morgan fingerprint density at radius 1 is 1.26 bits per heavy atom. The first kappa shape index (κ1) is 23.0. The van der Waals surface area contributed by atoms with Gasteiger partial charge < -0.3 is 24.7 Å². The first-order valence-corrected chi connectivity index (χ1v) is 11.0. The zero-order chi connectivity index (χ0) is 23.9. The molecule has 176 valence electrons. The number of carbonyl (C=O) groups is 1. The zero-order valence-corrected chi connectivity index (χ0v) is 19.0. The normalized spacial score (nSPS) is 14.3. The highest BCUT2D eigenvalue weighted by atomic mass is 19.1. The Morgan fingerprint density at radius 2 is 2.09 bits per heavy atom. The maximum Gasteiger partial charge on any atom is 0.244 e. The van der Waals surface area contributed by atoms with E-state index < -0.39 is 0 Å². The monoisotopic (exact) mass is 463 g/mol. The van der Waals surface area contributed by atoms with Gasteiger partial charge in [0.1, 0.15) is 18.2 Å². The number of nitrogens with one attached hydrogen (secondary N) is 2. The zero-order valence-electron chi connectivity index (χ0n) is 19.0. The minimum Gasteiger partial charge on any atom is -0.492 e. The van der Waals surface area contributed by atoms with Gasteiger partial charge in [-0.15, -0.1) is 0 Å². The molecule has 0 unspecified atom stereocenters. The number of amides is 1. The van der Waals surface area contributed by atoms with Gasteiger partial charge in [-0.1, -0.05) is 6.07 Å². The van der Waals surface area contributed by atoms with Crippen LogP contribution in [0.15, 0.2) is 65.7 Å². The highest BCUT2D eigenvalue weighted by molar-refractivity contribution is 6.09. The average molecular weight is 464 g/mol. The van der Waals surface area contributed by atoms with Crippen molar-refractivity contribution in [1.82, 2.24) is 14.9 Å². The molecule has 9 heteroatoms. The molecular weight excluding hydrogens is 437 g/mol. The van der Waals surface area contributed by atoms with Crippen LogP contribution in [0.3, 0.4) is 0 Å². The third-order valence-corrected chi connectivity index (χ3v) is 4.98. The van der Waals surface area contributed by atoms with Gasteiger partial charge in [-0.05, 0) is 61.9 Å². The molecule has 0 bridgehead atoms. The highest BCUT2D eigenvalue weighted by Crippen LogP contribution is 2.26. The van der Waals surface area contributed by atoms with E-state index in [2.05, 4.69) is 20.6 Å². The van der Waals surface area contributed by atoms with Gasteiger partial charge >= 0.3 is 0 Å². The van der Waals surface area contributed by atoms with Gasteiger partial charge in [0.05, 0.1) is 37.4 Å². The molecule has 0 fully saturated rings.